The number of carbonyl (C=O) groups excluding carboxylic acids is 2. The fourth-order valence-electron chi connectivity index (χ4n) is 3.77. The Bertz CT molecular complexity index is 1020. The van der Waals surface area contributed by atoms with Gasteiger partial charge in [0.05, 0.1) is 30.3 Å². The Labute approximate surface area is 190 Å². The topological polar surface area (TPSA) is 76.1 Å². The predicted octanol–water partition coefficient (Wildman–Crippen LogP) is 5.08. The molecule has 7 heteroatoms. The summed E-state index contributed by atoms with van der Waals surface area (Å²) in [5.74, 6) is -0.288. The van der Waals surface area contributed by atoms with Crippen molar-refractivity contribution >= 4 is 33.4 Å². The van der Waals surface area contributed by atoms with Gasteiger partial charge in [0.15, 0.2) is 0 Å². The maximum atomic E-state index is 13.0. The zero-order valence-corrected chi connectivity index (χ0v) is 19.4. The van der Waals surface area contributed by atoms with Crippen LogP contribution in [0.1, 0.15) is 43.4 Å². The second kappa shape index (κ2) is 10.0. The maximum Gasteiger partial charge on any atom is 0.295 e. The Kier molecular flexibility index (Phi) is 7.38. The number of ether oxygens (including phenoxy) is 2. The Morgan fingerprint density at radius 1 is 1.10 bits per heavy atom. The molecule has 0 saturated carbocycles. The largest absolute Gasteiger partial charge is 0.507 e. The Morgan fingerprint density at radius 2 is 1.87 bits per heavy atom. The number of ketones is 1. The Balaban J connectivity index is 2.14. The first-order valence-electron chi connectivity index (χ1n) is 10.2. The van der Waals surface area contributed by atoms with Crippen LogP contribution in [-0.4, -0.2) is 42.5 Å². The second-order valence-electron chi connectivity index (χ2n) is 7.33. The summed E-state index contributed by atoms with van der Waals surface area (Å²) in [4.78, 5) is 27.5. The molecule has 1 heterocycles. The van der Waals surface area contributed by atoms with Crippen molar-refractivity contribution in [2.75, 3.05) is 20.8 Å². The van der Waals surface area contributed by atoms with Crippen molar-refractivity contribution in [3.05, 3.63) is 63.6 Å². The van der Waals surface area contributed by atoms with E-state index in [1.807, 2.05) is 12.1 Å². The fourth-order valence-corrected chi connectivity index (χ4v) is 4.31. The first kappa shape index (κ1) is 22.9. The van der Waals surface area contributed by atoms with Gasteiger partial charge in [0.2, 0.25) is 0 Å². The minimum Gasteiger partial charge on any atom is -0.507 e. The van der Waals surface area contributed by atoms with Crippen molar-refractivity contribution in [3.63, 3.8) is 0 Å². The van der Waals surface area contributed by atoms with Crippen molar-refractivity contribution in [2.45, 2.75) is 32.2 Å². The SMILES string of the molecule is CCCCCN1C(=O)C(=O)/C(=C(\O)c2ccc(OC)c(Br)c2)C1c1cccc(OC)c1. The number of hydrogen-bond acceptors (Lipinski definition) is 5. The molecule has 1 N–H and O–H groups in total. The number of likely N-dealkylation sites (tertiary alicyclic amines) is 1. The minimum absolute atomic E-state index is 0.0758. The van der Waals surface area contributed by atoms with E-state index in [4.69, 9.17) is 9.47 Å². The van der Waals surface area contributed by atoms with Crippen LogP contribution in [0.2, 0.25) is 0 Å². The predicted molar refractivity (Wildman–Crippen MR) is 122 cm³/mol. The smallest absolute Gasteiger partial charge is 0.295 e. The van der Waals surface area contributed by atoms with E-state index in [1.54, 1.807) is 49.5 Å². The summed E-state index contributed by atoms with van der Waals surface area (Å²) in [7, 11) is 3.11. The van der Waals surface area contributed by atoms with Crippen LogP contribution in [0.4, 0.5) is 0 Å². The number of halogens is 1. The maximum absolute atomic E-state index is 13.0. The van der Waals surface area contributed by atoms with Crippen LogP contribution in [0.3, 0.4) is 0 Å². The average Bonchev–Trinajstić information content (AvgIpc) is 3.03. The highest BCUT2D eigenvalue weighted by molar-refractivity contribution is 9.10. The van der Waals surface area contributed by atoms with Crippen molar-refractivity contribution in [2.24, 2.45) is 0 Å². The first-order chi connectivity index (χ1) is 14.9. The van der Waals surface area contributed by atoms with Crippen LogP contribution in [-0.2, 0) is 9.59 Å². The molecule has 164 valence electrons. The quantitative estimate of drug-likeness (QED) is 0.243. The molecule has 3 rings (SSSR count). The molecule has 1 saturated heterocycles. The number of amides is 1. The van der Waals surface area contributed by atoms with E-state index in [1.165, 1.54) is 0 Å². The molecule has 1 amide bonds. The lowest BCUT2D eigenvalue weighted by molar-refractivity contribution is -0.139. The number of benzene rings is 2. The lowest BCUT2D eigenvalue weighted by Crippen LogP contribution is -2.30. The zero-order chi connectivity index (χ0) is 22.5. The van der Waals surface area contributed by atoms with Crippen LogP contribution in [0.5, 0.6) is 11.5 Å². The van der Waals surface area contributed by atoms with E-state index in [0.29, 0.717) is 33.6 Å². The average molecular weight is 488 g/mol. The molecule has 0 aromatic heterocycles. The monoisotopic (exact) mass is 487 g/mol. The van der Waals surface area contributed by atoms with Crippen LogP contribution < -0.4 is 9.47 Å². The lowest BCUT2D eigenvalue weighted by Gasteiger charge is -2.25. The van der Waals surface area contributed by atoms with Crippen molar-refractivity contribution in [1.29, 1.82) is 0 Å². The summed E-state index contributed by atoms with van der Waals surface area (Å²) >= 11 is 3.41. The molecule has 0 spiro atoms. The number of Topliss-reactive ketones (excluding diaryl/α,β-unsaturated/α-hetero) is 1. The zero-order valence-electron chi connectivity index (χ0n) is 17.9. The molecule has 6 nitrogen and oxygen atoms in total. The molecule has 1 aliphatic heterocycles. The third-order valence-corrected chi connectivity index (χ3v) is 6.00. The normalized spacial score (nSPS) is 17.8. The number of methoxy groups -OCH3 is 2. The van der Waals surface area contributed by atoms with E-state index < -0.39 is 17.7 Å². The Morgan fingerprint density at radius 3 is 2.52 bits per heavy atom. The number of nitrogens with zero attached hydrogens (tertiary/aromatic N) is 1. The molecule has 1 aliphatic rings. The summed E-state index contributed by atoms with van der Waals surface area (Å²) in [6.45, 7) is 2.51. The molecular weight excluding hydrogens is 462 g/mol. The molecule has 1 unspecified atom stereocenters. The van der Waals surface area contributed by atoms with Crippen LogP contribution in [0.15, 0.2) is 52.5 Å². The number of hydrogen-bond donors (Lipinski definition) is 1. The van der Waals surface area contributed by atoms with Gasteiger partial charge < -0.3 is 19.5 Å². The number of aliphatic hydroxyl groups is 1. The number of rotatable bonds is 8. The first-order valence-corrected chi connectivity index (χ1v) is 11.0. The highest BCUT2D eigenvalue weighted by Gasteiger charge is 2.45. The number of unbranched alkanes of at least 4 members (excludes halogenated alkanes) is 2. The van der Waals surface area contributed by atoms with Gasteiger partial charge in [-0.05, 0) is 58.2 Å². The molecule has 0 bridgehead atoms. The van der Waals surface area contributed by atoms with E-state index >= 15 is 0 Å². The summed E-state index contributed by atoms with van der Waals surface area (Å²) in [5.41, 5.74) is 1.21. The summed E-state index contributed by atoms with van der Waals surface area (Å²) in [6, 6.07) is 11.6. The van der Waals surface area contributed by atoms with Crippen LogP contribution >= 0.6 is 15.9 Å². The van der Waals surface area contributed by atoms with E-state index in [9.17, 15) is 14.7 Å². The van der Waals surface area contributed by atoms with Crippen molar-refractivity contribution in [1.82, 2.24) is 4.90 Å². The molecule has 0 radical (unpaired) electrons. The van der Waals surface area contributed by atoms with Crippen LogP contribution in [0.25, 0.3) is 5.76 Å². The lowest BCUT2D eigenvalue weighted by atomic mass is 9.95. The number of aliphatic hydroxyl groups excluding tert-OH is 1. The highest BCUT2D eigenvalue weighted by Crippen LogP contribution is 2.41. The van der Waals surface area contributed by atoms with Crippen molar-refractivity contribution in [3.8, 4) is 11.5 Å². The van der Waals surface area contributed by atoms with Gasteiger partial charge in [0.25, 0.3) is 11.7 Å². The van der Waals surface area contributed by atoms with E-state index in [2.05, 4.69) is 22.9 Å². The van der Waals surface area contributed by atoms with Gasteiger partial charge in [0, 0.05) is 12.1 Å². The molecule has 2 aromatic rings. The molecule has 31 heavy (non-hydrogen) atoms. The molecule has 0 aliphatic carbocycles. The summed E-state index contributed by atoms with van der Waals surface area (Å²) in [6.07, 6.45) is 2.71. The van der Waals surface area contributed by atoms with Gasteiger partial charge in [-0.2, -0.15) is 0 Å². The van der Waals surface area contributed by atoms with E-state index in [0.717, 1.165) is 19.3 Å². The van der Waals surface area contributed by atoms with Gasteiger partial charge in [-0.25, -0.2) is 0 Å². The standard InChI is InChI=1S/C24H26BrNO5/c1-4-5-6-12-26-21(15-8-7-9-17(13-15)30-2)20(23(28)24(26)29)22(27)16-10-11-19(31-3)18(25)14-16/h7-11,13-14,21,27H,4-6,12H2,1-3H3/b22-20-. The van der Waals surface area contributed by atoms with Crippen LogP contribution in [0, 0.1) is 0 Å². The van der Waals surface area contributed by atoms with Gasteiger partial charge in [0.1, 0.15) is 17.3 Å². The molecule has 1 fully saturated rings. The van der Waals surface area contributed by atoms with Gasteiger partial charge in [-0.1, -0.05) is 31.9 Å². The molecule has 2 aromatic carbocycles. The highest BCUT2D eigenvalue weighted by atomic mass is 79.9. The molecular formula is C24H26BrNO5. The van der Waals surface area contributed by atoms with Gasteiger partial charge >= 0.3 is 0 Å². The van der Waals surface area contributed by atoms with E-state index in [-0.39, 0.29) is 11.3 Å². The summed E-state index contributed by atoms with van der Waals surface area (Å²) in [5, 5.41) is 11.1. The molecule has 1 atom stereocenters. The summed E-state index contributed by atoms with van der Waals surface area (Å²) < 4.78 is 11.2. The minimum atomic E-state index is -0.687. The fraction of sp³-hybridized carbons (Fsp3) is 0.333. The second-order valence-corrected chi connectivity index (χ2v) is 8.18. The van der Waals surface area contributed by atoms with Gasteiger partial charge in [-0.15, -0.1) is 0 Å². The number of carbonyl (C=O) groups is 2. The third-order valence-electron chi connectivity index (χ3n) is 5.38. The van der Waals surface area contributed by atoms with Crippen molar-refractivity contribution < 1.29 is 24.2 Å². The third kappa shape index (κ3) is 4.61. The van der Waals surface area contributed by atoms with Gasteiger partial charge in [-0.3, -0.25) is 9.59 Å². The Hall–Kier alpha value is -2.80.